The molecule has 21 heavy (non-hydrogen) atoms. The Kier molecular flexibility index (Phi) is 5.30. The number of halogens is 2. The fraction of sp³-hybridized carbons (Fsp3) is 0.0714. The van der Waals surface area contributed by atoms with Crippen LogP contribution in [0.3, 0.4) is 0 Å². The molecule has 0 aliphatic carbocycles. The third-order valence-corrected chi connectivity index (χ3v) is 3.29. The molecule has 0 spiro atoms. The Morgan fingerprint density at radius 3 is 2.95 bits per heavy atom. The first-order chi connectivity index (χ1) is 10.1. The minimum atomic E-state index is -0.398. The molecule has 7 heteroatoms. The summed E-state index contributed by atoms with van der Waals surface area (Å²) in [5.41, 5.74) is 0.760. The molecule has 1 N–H and O–H groups in total. The van der Waals surface area contributed by atoms with E-state index in [1.165, 1.54) is 6.20 Å². The van der Waals surface area contributed by atoms with Gasteiger partial charge in [0.25, 0.3) is 5.91 Å². The molecule has 1 heterocycles. The smallest absolute Gasteiger partial charge is 0.262 e. The van der Waals surface area contributed by atoms with Gasteiger partial charge in [-0.3, -0.25) is 9.59 Å². The van der Waals surface area contributed by atoms with Crippen molar-refractivity contribution in [2.75, 3.05) is 11.9 Å². The Bertz CT molecular complexity index is 679. The van der Waals surface area contributed by atoms with E-state index in [1.807, 2.05) is 0 Å². The van der Waals surface area contributed by atoms with Crippen molar-refractivity contribution < 1.29 is 14.3 Å². The highest BCUT2D eigenvalue weighted by Gasteiger charge is 2.09. The maximum Gasteiger partial charge on any atom is 0.262 e. The van der Waals surface area contributed by atoms with Gasteiger partial charge in [-0.1, -0.05) is 27.5 Å². The third-order valence-electron chi connectivity index (χ3n) is 2.49. The number of aldehydes is 1. The first-order valence-electron chi connectivity index (χ1n) is 5.88. The van der Waals surface area contributed by atoms with E-state index < -0.39 is 5.91 Å². The quantitative estimate of drug-likeness (QED) is 0.648. The van der Waals surface area contributed by atoms with Crippen LogP contribution in [0.2, 0.25) is 5.15 Å². The molecular weight excluding hydrogens is 360 g/mol. The molecule has 0 atom stereocenters. The van der Waals surface area contributed by atoms with E-state index in [0.29, 0.717) is 23.3 Å². The minimum Gasteiger partial charge on any atom is -0.483 e. The second kappa shape index (κ2) is 7.19. The number of nitrogens with one attached hydrogen (secondary N) is 1. The van der Waals surface area contributed by atoms with Gasteiger partial charge in [0.2, 0.25) is 0 Å². The van der Waals surface area contributed by atoms with Crippen LogP contribution in [0.1, 0.15) is 10.4 Å². The predicted octanol–water partition coefficient (Wildman–Crippen LogP) is 3.33. The van der Waals surface area contributed by atoms with Crippen LogP contribution >= 0.6 is 27.5 Å². The molecule has 0 saturated carbocycles. The van der Waals surface area contributed by atoms with Crippen molar-refractivity contribution in [2.24, 2.45) is 0 Å². The van der Waals surface area contributed by atoms with Crippen LogP contribution in [0.15, 0.2) is 41.0 Å². The summed E-state index contributed by atoms with van der Waals surface area (Å²) < 4.78 is 6.08. The maximum atomic E-state index is 11.8. The Morgan fingerprint density at radius 1 is 1.43 bits per heavy atom. The van der Waals surface area contributed by atoms with Crippen LogP contribution in [0.25, 0.3) is 0 Å². The van der Waals surface area contributed by atoms with Crippen molar-refractivity contribution >= 4 is 45.4 Å². The predicted molar refractivity (Wildman–Crippen MR) is 82.9 cm³/mol. The zero-order valence-electron chi connectivity index (χ0n) is 10.7. The van der Waals surface area contributed by atoms with Gasteiger partial charge in [-0.2, -0.15) is 0 Å². The molecule has 5 nitrogen and oxygen atoms in total. The van der Waals surface area contributed by atoms with Crippen LogP contribution in [-0.2, 0) is 4.79 Å². The van der Waals surface area contributed by atoms with E-state index in [9.17, 15) is 9.59 Å². The number of rotatable bonds is 5. The van der Waals surface area contributed by atoms with Gasteiger partial charge in [-0.25, -0.2) is 4.98 Å². The molecule has 0 radical (unpaired) electrons. The number of benzene rings is 1. The van der Waals surface area contributed by atoms with Crippen molar-refractivity contribution in [2.45, 2.75) is 0 Å². The highest BCUT2D eigenvalue weighted by Crippen LogP contribution is 2.22. The van der Waals surface area contributed by atoms with Crippen LogP contribution in [0, 0.1) is 0 Å². The number of hydrogen-bond donors (Lipinski definition) is 1. The number of anilines is 1. The van der Waals surface area contributed by atoms with Gasteiger partial charge in [0.15, 0.2) is 18.0 Å². The number of carbonyl (C=O) groups is 2. The van der Waals surface area contributed by atoms with Crippen LogP contribution in [-0.4, -0.2) is 23.8 Å². The number of pyridine rings is 1. The summed E-state index contributed by atoms with van der Waals surface area (Å²) in [7, 11) is 0. The second-order valence-electron chi connectivity index (χ2n) is 3.98. The molecule has 2 aromatic rings. The van der Waals surface area contributed by atoms with E-state index in [-0.39, 0.29) is 11.8 Å². The van der Waals surface area contributed by atoms with Crippen LogP contribution in [0.5, 0.6) is 5.75 Å². The van der Waals surface area contributed by atoms with Crippen molar-refractivity contribution in [3.63, 3.8) is 0 Å². The van der Waals surface area contributed by atoms with Gasteiger partial charge in [-0.05, 0) is 30.3 Å². The zero-order valence-corrected chi connectivity index (χ0v) is 13.0. The second-order valence-corrected chi connectivity index (χ2v) is 5.25. The third kappa shape index (κ3) is 4.27. The Morgan fingerprint density at radius 2 is 2.24 bits per heavy atom. The van der Waals surface area contributed by atoms with Gasteiger partial charge >= 0.3 is 0 Å². The lowest BCUT2D eigenvalue weighted by atomic mass is 10.2. The van der Waals surface area contributed by atoms with Gasteiger partial charge < -0.3 is 10.1 Å². The molecule has 1 aromatic heterocycles. The number of hydrogen-bond acceptors (Lipinski definition) is 4. The zero-order chi connectivity index (χ0) is 15.2. The summed E-state index contributed by atoms with van der Waals surface area (Å²) in [4.78, 5) is 26.6. The van der Waals surface area contributed by atoms with Crippen LogP contribution in [0.4, 0.5) is 5.69 Å². The maximum absolute atomic E-state index is 11.8. The molecule has 108 valence electrons. The molecule has 0 unspecified atom stereocenters. The summed E-state index contributed by atoms with van der Waals surface area (Å²) >= 11 is 9.09. The van der Waals surface area contributed by atoms with Gasteiger partial charge in [-0.15, -0.1) is 0 Å². The highest BCUT2D eigenvalue weighted by molar-refractivity contribution is 9.10. The van der Waals surface area contributed by atoms with Crippen molar-refractivity contribution in [3.8, 4) is 5.75 Å². The van der Waals surface area contributed by atoms with E-state index in [4.69, 9.17) is 16.3 Å². The minimum absolute atomic E-state index is 0.197. The number of nitrogens with zero attached hydrogens (tertiary/aromatic N) is 1. The normalized spacial score (nSPS) is 10.0. The molecule has 0 saturated heterocycles. The summed E-state index contributed by atoms with van der Waals surface area (Å²) in [6.45, 7) is -0.242. The van der Waals surface area contributed by atoms with Gasteiger partial charge in [0, 0.05) is 10.7 Å². The number of ether oxygens (including phenoxy) is 1. The lowest BCUT2D eigenvalue weighted by Crippen LogP contribution is -2.20. The fourth-order valence-electron chi connectivity index (χ4n) is 1.55. The number of aromatic nitrogens is 1. The Balaban J connectivity index is 1.99. The molecule has 0 aliphatic heterocycles. The molecule has 2 rings (SSSR count). The van der Waals surface area contributed by atoms with E-state index in [2.05, 4.69) is 26.2 Å². The van der Waals surface area contributed by atoms with Crippen LogP contribution < -0.4 is 10.1 Å². The molecule has 0 aliphatic rings. The van der Waals surface area contributed by atoms with Crippen molar-refractivity contribution in [1.29, 1.82) is 0 Å². The lowest BCUT2D eigenvalue weighted by Gasteiger charge is -2.09. The average molecular weight is 370 g/mol. The van der Waals surface area contributed by atoms with Crippen molar-refractivity contribution in [3.05, 3.63) is 51.7 Å². The molecular formula is C14H10BrClN2O3. The van der Waals surface area contributed by atoms with E-state index >= 15 is 0 Å². The lowest BCUT2D eigenvalue weighted by molar-refractivity contribution is -0.118. The number of carbonyl (C=O) groups excluding carboxylic acids is 2. The van der Waals surface area contributed by atoms with E-state index in [1.54, 1.807) is 30.3 Å². The first kappa shape index (κ1) is 15.5. The largest absolute Gasteiger partial charge is 0.483 e. The van der Waals surface area contributed by atoms with Gasteiger partial charge in [0.05, 0.1) is 11.3 Å². The first-order valence-corrected chi connectivity index (χ1v) is 7.05. The number of amides is 1. The Hall–Kier alpha value is -1.92. The molecule has 1 aromatic carbocycles. The average Bonchev–Trinajstić information content (AvgIpc) is 2.48. The summed E-state index contributed by atoms with van der Waals surface area (Å²) in [6.07, 6.45) is 2.18. The summed E-state index contributed by atoms with van der Waals surface area (Å²) in [5, 5.41) is 2.77. The van der Waals surface area contributed by atoms with E-state index in [0.717, 1.165) is 4.47 Å². The SMILES string of the molecule is O=Cc1cc(Br)ccc1OCC(=O)Nc1cccnc1Cl. The standard InChI is InChI=1S/C14H10BrClN2O3/c15-10-3-4-12(9(6-10)7-19)21-8-13(20)18-11-2-1-5-17-14(11)16/h1-7H,8H2,(H,18,20). The Labute approximate surface area is 134 Å². The summed E-state index contributed by atoms with van der Waals surface area (Å²) in [5.74, 6) is -0.0645. The summed E-state index contributed by atoms with van der Waals surface area (Å²) in [6, 6.07) is 8.22. The fourth-order valence-corrected chi connectivity index (χ4v) is 2.10. The monoisotopic (exact) mass is 368 g/mol. The topological polar surface area (TPSA) is 68.3 Å². The molecule has 1 amide bonds. The molecule has 0 fully saturated rings. The van der Waals surface area contributed by atoms with Gasteiger partial charge in [0.1, 0.15) is 5.75 Å². The molecule has 0 bridgehead atoms. The highest BCUT2D eigenvalue weighted by atomic mass is 79.9. The van der Waals surface area contributed by atoms with Crippen molar-refractivity contribution in [1.82, 2.24) is 4.98 Å².